The molecule has 1 aliphatic heterocycles. The number of piperazine rings is 1. The topological polar surface area (TPSA) is 18.5 Å². The quantitative estimate of drug-likeness (QED) is 0.695. The van der Waals surface area contributed by atoms with Crippen LogP contribution in [0.15, 0.2) is 42.5 Å². The van der Waals surface area contributed by atoms with Crippen molar-refractivity contribution in [2.45, 2.75) is 24.9 Å². The van der Waals surface area contributed by atoms with E-state index in [4.69, 9.17) is 0 Å². The molecule has 0 unspecified atom stereocenters. The number of nitrogens with one attached hydrogen (secondary N) is 1. The Morgan fingerprint density at radius 1 is 0.933 bits per heavy atom. The highest BCUT2D eigenvalue weighted by molar-refractivity contribution is 5.86. The molecular formula is C22H30Cl3F2N3. The van der Waals surface area contributed by atoms with E-state index < -0.39 is 11.6 Å². The van der Waals surface area contributed by atoms with Gasteiger partial charge in [-0.15, -0.1) is 37.2 Å². The number of nitrogens with zero attached hydrogens (tertiary/aromatic N) is 2. The van der Waals surface area contributed by atoms with E-state index >= 15 is 0 Å². The molecule has 0 radical (unpaired) electrons. The van der Waals surface area contributed by atoms with Crippen molar-refractivity contribution in [3.63, 3.8) is 0 Å². The molecule has 0 amide bonds. The summed E-state index contributed by atoms with van der Waals surface area (Å²) in [6.07, 6.45) is 2.07. The molecule has 2 aliphatic rings. The van der Waals surface area contributed by atoms with E-state index in [1.165, 1.54) is 23.3 Å². The van der Waals surface area contributed by atoms with E-state index in [0.717, 1.165) is 51.6 Å². The van der Waals surface area contributed by atoms with Gasteiger partial charge in [0.25, 0.3) is 0 Å². The van der Waals surface area contributed by atoms with Gasteiger partial charge in [0.15, 0.2) is 0 Å². The molecule has 1 heterocycles. The van der Waals surface area contributed by atoms with E-state index in [1.54, 1.807) is 0 Å². The molecule has 0 atom stereocenters. The van der Waals surface area contributed by atoms with Crippen molar-refractivity contribution in [2.24, 2.45) is 0 Å². The zero-order valence-corrected chi connectivity index (χ0v) is 19.5. The van der Waals surface area contributed by atoms with Gasteiger partial charge in [0.1, 0.15) is 11.6 Å². The maximum Gasteiger partial charge on any atom is 0.126 e. The van der Waals surface area contributed by atoms with E-state index in [9.17, 15) is 8.78 Å². The van der Waals surface area contributed by atoms with Crippen molar-refractivity contribution in [3.8, 4) is 0 Å². The number of rotatable bonds is 5. The highest BCUT2D eigenvalue weighted by atomic mass is 35.5. The molecule has 0 aromatic heterocycles. The predicted molar refractivity (Wildman–Crippen MR) is 125 cm³/mol. The van der Waals surface area contributed by atoms with Crippen molar-refractivity contribution < 1.29 is 8.78 Å². The third-order valence-corrected chi connectivity index (χ3v) is 5.88. The second kappa shape index (κ2) is 11.6. The molecule has 4 rings (SSSR count). The summed E-state index contributed by atoms with van der Waals surface area (Å²) in [6, 6.07) is 12.5. The van der Waals surface area contributed by atoms with E-state index in [2.05, 4.69) is 46.4 Å². The number of benzene rings is 2. The summed E-state index contributed by atoms with van der Waals surface area (Å²) in [5.41, 5.74) is 3.59. The van der Waals surface area contributed by atoms with Gasteiger partial charge in [-0.25, -0.2) is 8.78 Å². The summed E-state index contributed by atoms with van der Waals surface area (Å²) in [7, 11) is 2.05. The highest BCUT2D eigenvalue weighted by Gasteiger charge is 2.43. The maximum atomic E-state index is 13.6. The molecular weight excluding hydrogens is 451 g/mol. The maximum absolute atomic E-state index is 13.6. The van der Waals surface area contributed by atoms with Crippen LogP contribution in [0.25, 0.3) is 0 Å². The summed E-state index contributed by atoms with van der Waals surface area (Å²) in [6.45, 7) is 5.51. The molecule has 30 heavy (non-hydrogen) atoms. The number of fused-ring (bicyclic) bond motifs is 1. The van der Waals surface area contributed by atoms with E-state index in [0.29, 0.717) is 12.1 Å². The third-order valence-electron chi connectivity index (χ3n) is 5.88. The lowest BCUT2D eigenvalue weighted by atomic mass is 9.91. The van der Waals surface area contributed by atoms with E-state index in [-0.39, 0.29) is 42.8 Å². The third kappa shape index (κ3) is 6.06. The van der Waals surface area contributed by atoms with Crippen molar-refractivity contribution in [1.29, 1.82) is 0 Å². The summed E-state index contributed by atoms with van der Waals surface area (Å²) in [5.74, 6) is -1.02. The highest BCUT2D eigenvalue weighted by Crippen LogP contribution is 2.35. The Hall–Kier alpha value is -0.950. The Kier molecular flexibility index (Phi) is 10.5. The lowest BCUT2D eigenvalue weighted by Crippen LogP contribution is -2.61. The molecule has 1 N–H and O–H groups in total. The smallest absolute Gasteiger partial charge is 0.126 e. The molecule has 8 heteroatoms. The lowest BCUT2D eigenvalue weighted by Gasteiger charge is -2.45. The minimum atomic E-state index is -0.511. The molecule has 1 saturated heterocycles. The zero-order valence-electron chi connectivity index (χ0n) is 17.1. The molecule has 168 valence electrons. The molecule has 0 spiro atoms. The fourth-order valence-electron chi connectivity index (χ4n) is 4.82. The van der Waals surface area contributed by atoms with Crippen LogP contribution in [0.1, 0.15) is 16.7 Å². The van der Waals surface area contributed by atoms with Gasteiger partial charge in [-0.1, -0.05) is 24.3 Å². The van der Waals surface area contributed by atoms with Gasteiger partial charge in [-0.05, 0) is 48.7 Å². The summed E-state index contributed by atoms with van der Waals surface area (Å²) >= 11 is 0. The monoisotopic (exact) mass is 479 g/mol. The van der Waals surface area contributed by atoms with Gasteiger partial charge in [0.05, 0.1) is 0 Å². The van der Waals surface area contributed by atoms with Gasteiger partial charge in [0, 0.05) is 50.9 Å². The fraction of sp³-hybridized carbons (Fsp3) is 0.455. The van der Waals surface area contributed by atoms with Crippen molar-refractivity contribution in [2.75, 3.05) is 39.8 Å². The SMILES string of the molecule is CN(Cc1cc(F)cc(F)c1)CC1(N2CCNCC2)Cc2ccccc2C1.Cl.Cl.Cl. The van der Waals surface area contributed by atoms with Crippen LogP contribution in [-0.4, -0.2) is 55.1 Å². The minimum Gasteiger partial charge on any atom is -0.314 e. The minimum absolute atomic E-state index is 0. The van der Waals surface area contributed by atoms with Crippen LogP contribution in [0.2, 0.25) is 0 Å². The molecule has 1 aliphatic carbocycles. The first-order chi connectivity index (χ1) is 13.0. The van der Waals surface area contributed by atoms with Crippen LogP contribution >= 0.6 is 37.2 Å². The summed E-state index contributed by atoms with van der Waals surface area (Å²) in [4.78, 5) is 4.83. The molecule has 2 aromatic rings. The van der Waals surface area contributed by atoms with Gasteiger partial charge >= 0.3 is 0 Å². The van der Waals surface area contributed by atoms with Gasteiger partial charge in [0.2, 0.25) is 0 Å². The second-order valence-corrected chi connectivity index (χ2v) is 8.03. The first-order valence-corrected chi connectivity index (χ1v) is 9.70. The normalized spacial score (nSPS) is 17.5. The standard InChI is InChI=1S/C22H27F2N3.3ClH/c1-26(15-17-10-20(23)12-21(24)11-17)16-22(27-8-6-25-7-9-27)13-18-4-2-3-5-19(18)14-22;;;/h2-5,10-12,25H,6-9,13-16H2,1H3;3*1H. The predicted octanol–water partition coefficient (Wildman–Crippen LogP) is 4.10. The van der Waals surface area contributed by atoms with Crippen molar-refractivity contribution in [3.05, 3.63) is 70.8 Å². The van der Waals surface area contributed by atoms with E-state index in [1.807, 2.05) is 0 Å². The lowest BCUT2D eigenvalue weighted by molar-refractivity contribution is 0.0486. The Labute approximate surface area is 196 Å². The number of likely N-dealkylation sites (N-methyl/N-ethyl adjacent to an activating group) is 1. The molecule has 2 aromatic carbocycles. The Bertz CT molecular complexity index is 771. The Balaban J connectivity index is 0.00000150. The Morgan fingerprint density at radius 2 is 1.47 bits per heavy atom. The van der Waals surface area contributed by atoms with Gasteiger partial charge in [-0.2, -0.15) is 0 Å². The molecule has 3 nitrogen and oxygen atoms in total. The van der Waals surface area contributed by atoms with Crippen LogP contribution in [0.4, 0.5) is 8.78 Å². The van der Waals surface area contributed by atoms with Crippen LogP contribution in [0.3, 0.4) is 0 Å². The Morgan fingerprint density at radius 3 is 2.00 bits per heavy atom. The zero-order chi connectivity index (χ0) is 18.9. The fourth-order valence-corrected chi connectivity index (χ4v) is 4.82. The number of hydrogen-bond donors (Lipinski definition) is 1. The van der Waals surface area contributed by atoms with Crippen molar-refractivity contribution >= 4 is 37.2 Å². The van der Waals surface area contributed by atoms with Crippen LogP contribution in [0, 0.1) is 11.6 Å². The first-order valence-electron chi connectivity index (χ1n) is 9.70. The molecule has 0 saturated carbocycles. The van der Waals surface area contributed by atoms with Gasteiger partial charge < -0.3 is 10.2 Å². The van der Waals surface area contributed by atoms with Crippen molar-refractivity contribution in [1.82, 2.24) is 15.1 Å². The summed E-state index contributed by atoms with van der Waals surface area (Å²) in [5, 5.41) is 3.44. The average Bonchev–Trinajstić information content (AvgIpc) is 3.00. The molecule has 0 bridgehead atoms. The van der Waals surface area contributed by atoms with Gasteiger partial charge in [-0.3, -0.25) is 4.90 Å². The van der Waals surface area contributed by atoms with Crippen LogP contribution < -0.4 is 5.32 Å². The summed E-state index contributed by atoms with van der Waals surface area (Å²) < 4.78 is 27.1. The first kappa shape index (κ1) is 27.1. The van der Waals surface area contributed by atoms with Crippen LogP contribution in [0.5, 0.6) is 0 Å². The molecule has 1 fully saturated rings. The second-order valence-electron chi connectivity index (χ2n) is 8.03. The largest absolute Gasteiger partial charge is 0.314 e. The average molecular weight is 481 g/mol. The number of hydrogen-bond acceptors (Lipinski definition) is 3. The van der Waals surface area contributed by atoms with Crippen LogP contribution in [-0.2, 0) is 19.4 Å². The number of halogens is 5.